The van der Waals surface area contributed by atoms with Crippen LogP contribution < -0.4 is 5.73 Å². The van der Waals surface area contributed by atoms with Crippen molar-refractivity contribution < 1.29 is 0 Å². The average molecular weight is 228 g/mol. The molecule has 0 spiro atoms. The number of aromatic nitrogens is 1. The summed E-state index contributed by atoms with van der Waals surface area (Å²) in [4.78, 5) is 6.58. The maximum atomic E-state index is 5.72. The molecule has 1 aromatic heterocycles. The Kier molecular flexibility index (Phi) is 5.02. The zero-order chi connectivity index (χ0) is 9.80. The van der Waals surface area contributed by atoms with Gasteiger partial charge in [0.15, 0.2) is 0 Å². The third kappa shape index (κ3) is 3.16. The second kappa shape index (κ2) is 6.05. The molecular weight excluding hydrogens is 210 g/mol. The highest BCUT2D eigenvalue weighted by Gasteiger charge is 2.22. The molecule has 3 nitrogen and oxygen atoms in total. The molecule has 1 aliphatic rings. The van der Waals surface area contributed by atoms with E-state index < -0.39 is 0 Å². The molecule has 1 saturated heterocycles. The number of hydrogen-bond donors (Lipinski definition) is 1. The minimum atomic E-state index is 0. The number of likely N-dealkylation sites (tertiary alicyclic amines) is 1. The number of pyridine rings is 1. The molecule has 1 aliphatic heterocycles. The number of hydrogen-bond acceptors (Lipinski definition) is 3. The van der Waals surface area contributed by atoms with Gasteiger partial charge >= 0.3 is 0 Å². The van der Waals surface area contributed by atoms with Gasteiger partial charge in [-0.15, -0.1) is 12.4 Å². The van der Waals surface area contributed by atoms with Crippen LogP contribution in [0.5, 0.6) is 0 Å². The molecule has 1 fully saturated rings. The largest absolute Gasteiger partial charge is 0.329 e. The molecule has 2 heterocycles. The molecule has 0 radical (unpaired) electrons. The molecular formula is C11H18ClN3. The summed E-state index contributed by atoms with van der Waals surface area (Å²) in [6, 6.07) is 4.69. The molecule has 0 bridgehead atoms. The molecule has 0 amide bonds. The number of halogens is 1. The van der Waals surface area contributed by atoms with E-state index in [2.05, 4.69) is 16.0 Å². The molecule has 4 heteroatoms. The second-order valence-corrected chi connectivity index (χ2v) is 3.86. The summed E-state index contributed by atoms with van der Waals surface area (Å²) in [7, 11) is 0. The Morgan fingerprint density at radius 2 is 2.40 bits per heavy atom. The Morgan fingerprint density at radius 1 is 1.53 bits per heavy atom. The van der Waals surface area contributed by atoms with Crippen molar-refractivity contribution in [3.63, 3.8) is 0 Å². The van der Waals surface area contributed by atoms with Crippen LogP contribution in [0, 0.1) is 0 Å². The van der Waals surface area contributed by atoms with Gasteiger partial charge in [0.1, 0.15) is 0 Å². The summed E-state index contributed by atoms with van der Waals surface area (Å²) in [6.45, 7) is 2.95. The number of rotatable bonds is 3. The molecule has 2 N–H and O–H groups in total. The first-order chi connectivity index (χ1) is 6.90. The van der Waals surface area contributed by atoms with Crippen LogP contribution in [0.15, 0.2) is 24.5 Å². The maximum absolute atomic E-state index is 5.72. The Labute approximate surface area is 97.1 Å². The fraction of sp³-hybridized carbons (Fsp3) is 0.545. The van der Waals surface area contributed by atoms with Crippen molar-refractivity contribution in [2.24, 2.45) is 5.73 Å². The summed E-state index contributed by atoms with van der Waals surface area (Å²) in [5.41, 5.74) is 7.01. The minimum Gasteiger partial charge on any atom is -0.329 e. The Bertz CT molecular complexity index is 278. The van der Waals surface area contributed by atoms with E-state index in [0.717, 1.165) is 13.1 Å². The quantitative estimate of drug-likeness (QED) is 0.850. The van der Waals surface area contributed by atoms with Gasteiger partial charge in [-0.05, 0) is 31.0 Å². The van der Waals surface area contributed by atoms with Crippen LogP contribution in [-0.4, -0.2) is 29.0 Å². The van der Waals surface area contributed by atoms with Gasteiger partial charge in [-0.3, -0.25) is 9.88 Å². The van der Waals surface area contributed by atoms with Crippen molar-refractivity contribution in [1.29, 1.82) is 0 Å². The van der Waals surface area contributed by atoms with E-state index >= 15 is 0 Å². The van der Waals surface area contributed by atoms with Crippen LogP contribution >= 0.6 is 12.4 Å². The zero-order valence-corrected chi connectivity index (χ0v) is 9.62. The average Bonchev–Trinajstić information content (AvgIpc) is 2.67. The molecule has 2 rings (SSSR count). The minimum absolute atomic E-state index is 0. The highest BCUT2D eigenvalue weighted by Crippen LogP contribution is 2.18. The SMILES string of the molecule is Cl.NCC1CCCN1Cc1cccnc1. The zero-order valence-electron chi connectivity index (χ0n) is 8.80. The third-order valence-electron chi connectivity index (χ3n) is 2.88. The van der Waals surface area contributed by atoms with Crippen molar-refractivity contribution in [3.8, 4) is 0 Å². The van der Waals surface area contributed by atoms with E-state index in [9.17, 15) is 0 Å². The highest BCUT2D eigenvalue weighted by atomic mass is 35.5. The van der Waals surface area contributed by atoms with Crippen LogP contribution in [-0.2, 0) is 6.54 Å². The van der Waals surface area contributed by atoms with Gasteiger partial charge in [-0.2, -0.15) is 0 Å². The summed E-state index contributed by atoms with van der Waals surface area (Å²) < 4.78 is 0. The molecule has 1 atom stereocenters. The molecule has 0 saturated carbocycles. The van der Waals surface area contributed by atoms with Crippen LogP contribution in [0.2, 0.25) is 0 Å². The normalized spacial score (nSPS) is 21.3. The van der Waals surface area contributed by atoms with E-state index in [1.54, 1.807) is 0 Å². The van der Waals surface area contributed by atoms with Crippen molar-refractivity contribution in [2.45, 2.75) is 25.4 Å². The lowest BCUT2D eigenvalue weighted by atomic mass is 10.2. The van der Waals surface area contributed by atoms with Crippen molar-refractivity contribution in [3.05, 3.63) is 30.1 Å². The maximum Gasteiger partial charge on any atom is 0.0312 e. The molecule has 1 unspecified atom stereocenters. The molecule has 0 aromatic carbocycles. The van der Waals surface area contributed by atoms with Gasteiger partial charge in [0.2, 0.25) is 0 Å². The summed E-state index contributed by atoms with van der Waals surface area (Å²) >= 11 is 0. The summed E-state index contributed by atoms with van der Waals surface area (Å²) in [5.74, 6) is 0. The monoisotopic (exact) mass is 227 g/mol. The first kappa shape index (κ1) is 12.4. The lowest BCUT2D eigenvalue weighted by molar-refractivity contribution is 0.250. The van der Waals surface area contributed by atoms with E-state index in [1.807, 2.05) is 18.5 Å². The highest BCUT2D eigenvalue weighted by molar-refractivity contribution is 5.85. The lowest BCUT2D eigenvalue weighted by Crippen LogP contribution is -2.34. The van der Waals surface area contributed by atoms with E-state index in [-0.39, 0.29) is 12.4 Å². The van der Waals surface area contributed by atoms with Crippen LogP contribution in [0.25, 0.3) is 0 Å². The number of nitrogens with zero attached hydrogens (tertiary/aromatic N) is 2. The smallest absolute Gasteiger partial charge is 0.0312 e. The Morgan fingerprint density at radius 3 is 3.07 bits per heavy atom. The van der Waals surface area contributed by atoms with Gasteiger partial charge in [0.25, 0.3) is 0 Å². The van der Waals surface area contributed by atoms with Crippen LogP contribution in [0.4, 0.5) is 0 Å². The van der Waals surface area contributed by atoms with Gasteiger partial charge in [0.05, 0.1) is 0 Å². The lowest BCUT2D eigenvalue weighted by Gasteiger charge is -2.22. The first-order valence-electron chi connectivity index (χ1n) is 5.23. The predicted octanol–water partition coefficient (Wildman–Crippen LogP) is 1.43. The van der Waals surface area contributed by atoms with Gasteiger partial charge < -0.3 is 5.73 Å². The van der Waals surface area contributed by atoms with Gasteiger partial charge in [-0.25, -0.2) is 0 Å². The van der Waals surface area contributed by atoms with Gasteiger partial charge in [-0.1, -0.05) is 6.07 Å². The van der Waals surface area contributed by atoms with Crippen molar-refractivity contribution in [2.75, 3.05) is 13.1 Å². The topological polar surface area (TPSA) is 42.1 Å². The van der Waals surface area contributed by atoms with Crippen LogP contribution in [0.1, 0.15) is 18.4 Å². The molecule has 1 aromatic rings. The fourth-order valence-electron chi connectivity index (χ4n) is 2.10. The molecule has 0 aliphatic carbocycles. The summed E-state index contributed by atoms with van der Waals surface area (Å²) in [6.07, 6.45) is 6.28. The van der Waals surface area contributed by atoms with Crippen molar-refractivity contribution >= 4 is 12.4 Å². The number of nitrogens with two attached hydrogens (primary N) is 1. The standard InChI is InChI=1S/C11H17N3.ClH/c12-7-11-4-2-6-14(11)9-10-3-1-5-13-8-10;/h1,3,5,8,11H,2,4,6-7,9,12H2;1H. The first-order valence-corrected chi connectivity index (χ1v) is 5.23. The fourth-order valence-corrected chi connectivity index (χ4v) is 2.10. The van der Waals surface area contributed by atoms with E-state index in [1.165, 1.54) is 24.9 Å². The van der Waals surface area contributed by atoms with Crippen LogP contribution in [0.3, 0.4) is 0 Å². The van der Waals surface area contributed by atoms with E-state index in [0.29, 0.717) is 6.04 Å². The van der Waals surface area contributed by atoms with Gasteiger partial charge in [0, 0.05) is 31.5 Å². The molecule has 15 heavy (non-hydrogen) atoms. The predicted molar refractivity (Wildman–Crippen MR) is 64.0 cm³/mol. The molecule has 84 valence electrons. The second-order valence-electron chi connectivity index (χ2n) is 3.86. The van der Waals surface area contributed by atoms with E-state index in [4.69, 9.17) is 5.73 Å². The third-order valence-corrected chi connectivity index (χ3v) is 2.88. The Balaban J connectivity index is 0.00000112. The Hall–Kier alpha value is -0.640. The summed E-state index contributed by atoms with van der Waals surface area (Å²) in [5, 5.41) is 0. The van der Waals surface area contributed by atoms with Crippen molar-refractivity contribution in [1.82, 2.24) is 9.88 Å².